The van der Waals surface area contributed by atoms with Gasteiger partial charge < -0.3 is 18.9 Å². The van der Waals surface area contributed by atoms with Crippen LogP contribution in [0.5, 0.6) is 0 Å². The molecule has 0 aliphatic heterocycles. The van der Waals surface area contributed by atoms with E-state index in [1.54, 1.807) is 0 Å². The molecule has 0 aromatic carbocycles. The van der Waals surface area contributed by atoms with Gasteiger partial charge in [-0.15, -0.1) is 0 Å². The molecule has 0 aliphatic carbocycles. The highest BCUT2D eigenvalue weighted by atomic mass is 32.2. The van der Waals surface area contributed by atoms with Crippen LogP contribution in [0.2, 0.25) is 0 Å². The lowest BCUT2D eigenvalue weighted by molar-refractivity contribution is -0.153. The Morgan fingerprint density at radius 3 is 1.16 bits per heavy atom. The minimum absolute atomic E-state index is 0.0627. The second-order valence-corrected chi connectivity index (χ2v) is 18.7. The number of unbranched alkanes of at least 4 members (excludes halogenated alkanes) is 28. The van der Waals surface area contributed by atoms with Gasteiger partial charge in [0.25, 0.3) is 0 Å². The third kappa shape index (κ3) is 51.8. The van der Waals surface area contributed by atoms with Crippen molar-refractivity contribution in [3.63, 3.8) is 0 Å². The van der Waals surface area contributed by atoms with E-state index in [1.165, 1.54) is 192 Å². The maximum atomic E-state index is 11.9. The van der Waals surface area contributed by atoms with Crippen molar-refractivity contribution in [2.24, 2.45) is 0 Å². The fourth-order valence-electron chi connectivity index (χ4n) is 6.90. The standard InChI is InChI=1S/C28H58O2S.C23H46O3/c1-5-7-9-11-13-15-16-18-20-22-24-31-26-28(25-30-27(3)4)29-23-21-19-17-14-12-10-8-6-2;1-5-7-8-9-10-11-12-13-14-15-16-17-18-19-23(24)26-22(6-2)20-25-21(3)4/h27-28H,5-26H2,1-4H3;21-22H,5-20H2,1-4H3. The van der Waals surface area contributed by atoms with Crippen LogP contribution in [0.4, 0.5) is 0 Å². The minimum atomic E-state index is -0.0909. The van der Waals surface area contributed by atoms with Crippen LogP contribution in [0.3, 0.4) is 0 Å². The van der Waals surface area contributed by atoms with E-state index in [1.807, 2.05) is 20.8 Å². The summed E-state index contributed by atoms with van der Waals surface area (Å²) in [5.41, 5.74) is 0. The Balaban J connectivity index is 0. The third-order valence-electron chi connectivity index (χ3n) is 10.8. The Morgan fingerprint density at radius 1 is 0.421 bits per heavy atom. The molecule has 0 fully saturated rings. The molecule has 57 heavy (non-hydrogen) atoms. The summed E-state index contributed by atoms with van der Waals surface area (Å²) in [6.07, 6.45) is 44.2. The molecule has 0 saturated heterocycles. The van der Waals surface area contributed by atoms with Crippen molar-refractivity contribution < 1.29 is 23.7 Å². The highest BCUT2D eigenvalue weighted by Gasteiger charge is 2.14. The number of esters is 1. The van der Waals surface area contributed by atoms with Gasteiger partial charge in [0.1, 0.15) is 6.10 Å². The molecule has 2 unspecified atom stereocenters. The van der Waals surface area contributed by atoms with Crippen molar-refractivity contribution in [1.82, 2.24) is 0 Å². The SMILES string of the molecule is CCCCCCCCCCCCCCCC(=O)OC(CC)COC(C)C.CCCCCCCCCCCCSCC(COC(C)C)OCCCCCCCCCC. The molecule has 5 nitrogen and oxygen atoms in total. The number of carbonyl (C=O) groups excluding carboxylic acids is 1. The van der Waals surface area contributed by atoms with E-state index in [4.69, 9.17) is 18.9 Å². The fraction of sp³-hybridized carbons (Fsp3) is 0.980. The lowest BCUT2D eigenvalue weighted by Crippen LogP contribution is -2.25. The maximum absolute atomic E-state index is 11.9. The van der Waals surface area contributed by atoms with Gasteiger partial charge in [-0.05, 0) is 59.1 Å². The Kier molecular flexibility index (Phi) is 51.6. The number of ether oxygens (including phenoxy) is 4. The van der Waals surface area contributed by atoms with E-state index >= 15 is 0 Å². The lowest BCUT2D eigenvalue weighted by atomic mass is 10.0. The fourth-order valence-corrected chi connectivity index (χ4v) is 7.93. The highest BCUT2D eigenvalue weighted by molar-refractivity contribution is 7.99. The molecular weight excluding hydrogens is 725 g/mol. The Morgan fingerprint density at radius 2 is 0.772 bits per heavy atom. The van der Waals surface area contributed by atoms with Crippen LogP contribution in [0.15, 0.2) is 0 Å². The predicted octanol–water partition coefficient (Wildman–Crippen LogP) is 16.8. The van der Waals surface area contributed by atoms with Crippen LogP contribution < -0.4 is 0 Å². The normalized spacial score (nSPS) is 12.6. The van der Waals surface area contributed by atoms with Crippen LogP contribution in [0, 0.1) is 0 Å². The molecule has 0 aromatic rings. The molecule has 344 valence electrons. The molecule has 2 atom stereocenters. The maximum Gasteiger partial charge on any atom is 0.306 e. The van der Waals surface area contributed by atoms with Crippen molar-refractivity contribution in [2.75, 3.05) is 31.3 Å². The summed E-state index contributed by atoms with van der Waals surface area (Å²) in [6, 6.07) is 0. The van der Waals surface area contributed by atoms with Gasteiger partial charge in [-0.1, -0.05) is 207 Å². The van der Waals surface area contributed by atoms with Gasteiger partial charge in [-0.3, -0.25) is 4.79 Å². The molecular formula is C51H104O5S. The summed E-state index contributed by atoms with van der Waals surface area (Å²) >= 11 is 2.06. The Labute approximate surface area is 363 Å². The third-order valence-corrected chi connectivity index (χ3v) is 12.0. The van der Waals surface area contributed by atoms with Crippen molar-refractivity contribution in [3.05, 3.63) is 0 Å². The molecule has 0 amide bonds. The first-order chi connectivity index (χ1) is 27.8. The minimum Gasteiger partial charge on any atom is -0.460 e. The smallest absolute Gasteiger partial charge is 0.306 e. The van der Waals surface area contributed by atoms with Gasteiger partial charge in [-0.2, -0.15) is 11.8 Å². The monoisotopic (exact) mass is 829 g/mol. The number of thioether (sulfide) groups is 1. The van der Waals surface area contributed by atoms with E-state index in [0.29, 0.717) is 19.1 Å². The summed E-state index contributed by atoms with van der Waals surface area (Å²) in [6.45, 7) is 19.3. The zero-order valence-electron chi connectivity index (χ0n) is 40.1. The average molecular weight is 829 g/mol. The van der Waals surface area contributed by atoms with Crippen LogP contribution in [-0.2, 0) is 23.7 Å². The van der Waals surface area contributed by atoms with Crippen molar-refractivity contribution >= 4 is 17.7 Å². The first kappa shape index (κ1) is 58.8. The first-order valence-corrected chi connectivity index (χ1v) is 26.6. The molecule has 0 aliphatic rings. The largest absolute Gasteiger partial charge is 0.460 e. The van der Waals surface area contributed by atoms with Crippen molar-refractivity contribution in [3.8, 4) is 0 Å². The highest BCUT2D eigenvalue weighted by Crippen LogP contribution is 2.16. The van der Waals surface area contributed by atoms with Gasteiger partial charge in [0.2, 0.25) is 0 Å². The zero-order chi connectivity index (χ0) is 42.3. The predicted molar refractivity (Wildman–Crippen MR) is 254 cm³/mol. The first-order valence-electron chi connectivity index (χ1n) is 25.4. The average Bonchev–Trinajstić information content (AvgIpc) is 3.19. The quantitative estimate of drug-likeness (QED) is 0.0450. The van der Waals surface area contributed by atoms with Gasteiger partial charge in [0.15, 0.2) is 0 Å². The molecule has 0 spiro atoms. The van der Waals surface area contributed by atoms with Crippen LogP contribution in [-0.4, -0.2) is 61.7 Å². The molecule has 0 heterocycles. The van der Waals surface area contributed by atoms with Gasteiger partial charge in [0.05, 0.1) is 31.5 Å². The second-order valence-electron chi connectivity index (χ2n) is 17.5. The zero-order valence-corrected chi connectivity index (χ0v) is 40.9. The van der Waals surface area contributed by atoms with Crippen LogP contribution in [0.25, 0.3) is 0 Å². The van der Waals surface area contributed by atoms with Crippen molar-refractivity contribution in [2.45, 2.75) is 292 Å². The number of hydrogen-bond acceptors (Lipinski definition) is 6. The Bertz CT molecular complexity index is 747. The second kappa shape index (κ2) is 50.1. The van der Waals surface area contributed by atoms with Gasteiger partial charge in [-0.25, -0.2) is 0 Å². The molecule has 0 rings (SSSR count). The summed E-state index contributed by atoms with van der Waals surface area (Å²) in [7, 11) is 0. The summed E-state index contributed by atoms with van der Waals surface area (Å²) in [5, 5.41) is 0. The number of rotatable bonds is 45. The van der Waals surface area contributed by atoms with Crippen LogP contribution in [0.1, 0.15) is 267 Å². The molecule has 0 bridgehead atoms. The van der Waals surface area contributed by atoms with E-state index in [-0.39, 0.29) is 24.3 Å². The van der Waals surface area contributed by atoms with E-state index in [2.05, 4.69) is 46.4 Å². The summed E-state index contributed by atoms with van der Waals surface area (Å²) in [5.74, 6) is 2.30. The Hall–Kier alpha value is -0.300. The van der Waals surface area contributed by atoms with Crippen molar-refractivity contribution in [1.29, 1.82) is 0 Å². The van der Waals surface area contributed by atoms with Gasteiger partial charge in [0, 0.05) is 18.8 Å². The number of hydrogen-bond donors (Lipinski definition) is 0. The van der Waals surface area contributed by atoms with E-state index in [9.17, 15) is 4.79 Å². The number of carbonyl (C=O) groups is 1. The lowest BCUT2D eigenvalue weighted by Gasteiger charge is -2.19. The van der Waals surface area contributed by atoms with E-state index < -0.39 is 0 Å². The van der Waals surface area contributed by atoms with Crippen LogP contribution >= 0.6 is 11.8 Å². The van der Waals surface area contributed by atoms with E-state index in [0.717, 1.165) is 38.2 Å². The molecule has 0 radical (unpaired) electrons. The van der Waals surface area contributed by atoms with Gasteiger partial charge >= 0.3 is 5.97 Å². The molecule has 0 N–H and O–H groups in total. The summed E-state index contributed by atoms with van der Waals surface area (Å²) in [4.78, 5) is 11.9. The summed E-state index contributed by atoms with van der Waals surface area (Å²) < 4.78 is 23.1. The molecule has 0 aromatic heterocycles. The molecule has 0 saturated carbocycles. The molecule has 6 heteroatoms. The topological polar surface area (TPSA) is 54.0 Å².